The van der Waals surface area contributed by atoms with Crippen LogP contribution in [0.4, 0.5) is 0 Å². The van der Waals surface area contributed by atoms with Gasteiger partial charge in [0.1, 0.15) is 5.58 Å². The minimum absolute atomic E-state index is 0.0312. The van der Waals surface area contributed by atoms with Gasteiger partial charge in [-0.25, -0.2) is 0 Å². The number of amides is 1. The topological polar surface area (TPSA) is 59.8 Å². The maximum atomic E-state index is 13.2. The minimum atomic E-state index is -0.279. The molecule has 2 aromatic heterocycles. The third-order valence-electron chi connectivity index (χ3n) is 4.76. The highest BCUT2D eigenvalue weighted by molar-refractivity contribution is 7.09. The molecule has 0 saturated carbocycles. The van der Waals surface area contributed by atoms with E-state index in [2.05, 4.69) is 0 Å². The highest BCUT2D eigenvalue weighted by atomic mass is 32.1. The quantitative estimate of drug-likeness (QED) is 0.669. The van der Waals surface area contributed by atoms with Crippen molar-refractivity contribution in [2.75, 3.05) is 13.2 Å². The van der Waals surface area contributed by atoms with Crippen LogP contribution in [0.25, 0.3) is 11.0 Å². The molecule has 140 valence electrons. The van der Waals surface area contributed by atoms with Crippen molar-refractivity contribution in [3.63, 3.8) is 0 Å². The lowest BCUT2D eigenvalue weighted by molar-refractivity contribution is 0.0486. The molecule has 1 atom stereocenters. The van der Waals surface area contributed by atoms with Gasteiger partial charge in [-0.05, 0) is 43.3 Å². The van der Waals surface area contributed by atoms with E-state index in [1.165, 1.54) is 6.07 Å². The molecule has 3 heterocycles. The van der Waals surface area contributed by atoms with E-state index in [1.54, 1.807) is 28.4 Å². The van der Waals surface area contributed by atoms with Gasteiger partial charge in [0, 0.05) is 24.1 Å². The lowest BCUT2D eigenvalue weighted by Crippen LogP contribution is -2.37. The van der Waals surface area contributed by atoms with E-state index in [0.29, 0.717) is 24.1 Å². The van der Waals surface area contributed by atoms with Crippen LogP contribution in [0.2, 0.25) is 0 Å². The first kappa shape index (κ1) is 17.9. The number of hydrogen-bond acceptors (Lipinski definition) is 5. The molecular weight excluding hydrogens is 362 g/mol. The van der Waals surface area contributed by atoms with Gasteiger partial charge in [0.05, 0.1) is 18.0 Å². The van der Waals surface area contributed by atoms with E-state index < -0.39 is 0 Å². The Labute approximate surface area is 161 Å². The summed E-state index contributed by atoms with van der Waals surface area (Å²) in [7, 11) is 0. The number of rotatable bonds is 5. The largest absolute Gasteiger partial charge is 0.451 e. The average molecular weight is 383 g/mol. The Morgan fingerprint density at radius 2 is 2.19 bits per heavy atom. The van der Waals surface area contributed by atoms with Gasteiger partial charge in [-0.15, -0.1) is 11.3 Å². The van der Waals surface area contributed by atoms with Crippen molar-refractivity contribution >= 4 is 28.2 Å². The molecule has 0 bridgehead atoms. The lowest BCUT2D eigenvalue weighted by Gasteiger charge is -2.24. The van der Waals surface area contributed by atoms with Crippen molar-refractivity contribution in [3.05, 3.63) is 68.2 Å². The molecule has 1 aliphatic heterocycles. The molecule has 1 saturated heterocycles. The van der Waals surface area contributed by atoms with Crippen LogP contribution in [0.3, 0.4) is 0 Å². The summed E-state index contributed by atoms with van der Waals surface area (Å²) >= 11 is 1.60. The Balaban J connectivity index is 1.66. The molecule has 0 aliphatic carbocycles. The molecule has 1 unspecified atom stereocenters. The van der Waals surface area contributed by atoms with Gasteiger partial charge in [-0.1, -0.05) is 17.7 Å². The third-order valence-corrected chi connectivity index (χ3v) is 5.62. The summed E-state index contributed by atoms with van der Waals surface area (Å²) in [6, 6.07) is 10.7. The van der Waals surface area contributed by atoms with Crippen LogP contribution in [-0.4, -0.2) is 30.1 Å². The molecule has 27 heavy (non-hydrogen) atoms. The second-order valence-corrected chi connectivity index (χ2v) is 7.91. The molecule has 0 spiro atoms. The smallest absolute Gasteiger partial charge is 0.290 e. The fourth-order valence-electron chi connectivity index (χ4n) is 3.38. The molecule has 1 aliphatic rings. The predicted molar refractivity (Wildman–Crippen MR) is 105 cm³/mol. The molecular formula is C21H21NO4S. The third kappa shape index (κ3) is 3.96. The number of aryl methyl sites for hydroxylation is 1. The van der Waals surface area contributed by atoms with Gasteiger partial charge in [0.25, 0.3) is 5.91 Å². The van der Waals surface area contributed by atoms with Crippen LogP contribution in [0.1, 0.15) is 33.8 Å². The second kappa shape index (κ2) is 7.66. The zero-order valence-corrected chi connectivity index (χ0v) is 16.0. The summed E-state index contributed by atoms with van der Waals surface area (Å²) in [5, 5.41) is 2.48. The Kier molecular flexibility index (Phi) is 5.09. The van der Waals surface area contributed by atoms with Gasteiger partial charge in [-0.2, -0.15) is 0 Å². The summed E-state index contributed by atoms with van der Waals surface area (Å²) in [6.45, 7) is 3.62. The number of carbonyl (C=O) groups excluding carboxylic acids is 1. The van der Waals surface area contributed by atoms with Crippen LogP contribution in [0, 0.1) is 6.92 Å². The second-order valence-electron chi connectivity index (χ2n) is 6.87. The molecule has 3 aromatic rings. The predicted octanol–water partition coefficient (Wildman–Crippen LogP) is 3.98. The fourth-order valence-corrected chi connectivity index (χ4v) is 4.09. The number of benzene rings is 1. The molecule has 1 fully saturated rings. The number of ether oxygens (including phenoxy) is 1. The molecule has 6 heteroatoms. The van der Waals surface area contributed by atoms with Crippen LogP contribution in [0.15, 0.2) is 51.0 Å². The molecule has 1 amide bonds. The molecule has 0 radical (unpaired) electrons. The van der Waals surface area contributed by atoms with Gasteiger partial charge in [-0.3, -0.25) is 9.59 Å². The zero-order chi connectivity index (χ0) is 18.8. The summed E-state index contributed by atoms with van der Waals surface area (Å²) in [5.74, 6) is -0.204. The van der Waals surface area contributed by atoms with Gasteiger partial charge in [0.15, 0.2) is 11.2 Å². The van der Waals surface area contributed by atoms with Gasteiger partial charge < -0.3 is 14.1 Å². The Morgan fingerprint density at radius 3 is 2.93 bits per heavy atom. The van der Waals surface area contributed by atoms with Crippen molar-refractivity contribution < 1.29 is 13.9 Å². The van der Waals surface area contributed by atoms with E-state index >= 15 is 0 Å². The lowest BCUT2D eigenvalue weighted by atomic mass is 10.1. The molecule has 5 nitrogen and oxygen atoms in total. The zero-order valence-electron chi connectivity index (χ0n) is 15.1. The van der Waals surface area contributed by atoms with Crippen LogP contribution in [-0.2, 0) is 11.3 Å². The monoisotopic (exact) mass is 383 g/mol. The summed E-state index contributed by atoms with van der Waals surface area (Å²) < 4.78 is 11.5. The normalized spacial score (nSPS) is 16.7. The summed E-state index contributed by atoms with van der Waals surface area (Å²) in [4.78, 5) is 28.5. The fraction of sp³-hybridized carbons (Fsp3) is 0.333. The number of carbonyl (C=O) groups is 1. The maximum absolute atomic E-state index is 13.2. The number of nitrogens with zero attached hydrogens (tertiary/aromatic N) is 1. The molecule has 4 rings (SSSR count). The minimum Gasteiger partial charge on any atom is -0.451 e. The SMILES string of the molecule is Cc1ccc2oc(C(=O)N(Cc3cccs3)CC3CCCO3)cc(=O)c2c1. The van der Waals surface area contributed by atoms with E-state index in [1.807, 2.05) is 30.5 Å². The Hall–Kier alpha value is -2.44. The average Bonchev–Trinajstić information content (AvgIpc) is 3.35. The number of hydrogen-bond donors (Lipinski definition) is 0. The van der Waals surface area contributed by atoms with Crippen molar-refractivity contribution in [3.8, 4) is 0 Å². The van der Waals surface area contributed by atoms with Crippen LogP contribution in [0.5, 0.6) is 0 Å². The van der Waals surface area contributed by atoms with Crippen LogP contribution < -0.4 is 5.43 Å². The maximum Gasteiger partial charge on any atom is 0.290 e. The van der Waals surface area contributed by atoms with E-state index in [4.69, 9.17) is 9.15 Å². The van der Waals surface area contributed by atoms with Crippen molar-refractivity contribution in [2.24, 2.45) is 0 Å². The molecule has 0 N–H and O–H groups in total. The first-order valence-electron chi connectivity index (χ1n) is 9.08. The highest BCUT2D eigenvalue weighted by Crippen LogP contribution is 2.20. The Morgan fingerprint density at radius 1 is 1.30 bits per heavy atom. The summed E-state index contributed by atoms with van der Waals surface area (Å²) in [6.07, 6.45) is 1.98. The van der Waals surface area contributed by atoms with Gasteiger partial charge >= 0.3 is 0 Å². The first-order chi connectivity index (χ1) is 13.1. The van der Waals surface area contributed by atoms with E-state index in [9.17, 15) is 9.59 Å². The van der Waals surface area contributed by atoms with Gasteiger partial charge in [0.2, 0.25) is 0 Å². The number of fused-ring (bicyclic) bond motifs is 1. The Bertz CT molecular complexity index is 1000. The first-order valence-corrected chi connectivity index (χ1v) is 9.96. The highest BCUT2D eigenvalue weighted by Gasteiger charge is 2.26. The summed E-state index contributed by atoms with van der Waals surface area (Å²) in [5.41, 5.74) is 1.22. The molecule has 1 aromatic carbocycles. The van der Waals surface area contributed by atoms with Crippen molar-refractivity contribution in [1.82, 2.24) is 4.90 Å². The number of thiophene rings is 1. The van der Waals surface area contributed by atoms with E-state index in [-0.39, 0.29) is 23.2 Å². The van der Waals surface area contributed by atoms with E-state index in [0.717, 1.165) is 29.9 Å². The van der Waals surface area contributed by atoms with Crippen molar-refractivity contribution in [1.29, 1.82) is 0 Å². The van der Waals surface area contributed by atoms with Crippen molar-refractivity contribution in [2.45, 2.75) is 32.4 Å². The van der Waals surface area contributed by atoms with Crippen LogP contribution >= 0.6 is 11.3 Å². The standard InChI is InChI=1S/C21H21NO4S/c1-14-6-7-19-17(10-14)18(23)11-20(26-19)21(24)22(12-15-4-2-8-25-15)13-16-5-3-9-27-16/h3,5-7,9-11,15H,2,4,8,12-13H2,1H3.